The van der Waals surface area contributed by atoms with Crippen molar-refractivity contribution < 1.29 is 23.9 Å². The zero-order chi connectivity index (χ0) is 38.5. The molecule has 55 heavy (non-hydrogen) atoms. The van der Waals surface area contributed by atoms with Gasteiger partial charge < -0.3 is 29.6 Å². The van der Waals surface area contributed by atoms with Crippen molar-refractivity contribution in [3.8, 4) is 11.5 Å². The summed E-state index contributed by atoms with van der Waals surface area (Å²) in [6, 6.07) is 26.6. The number of carbonyl (C=O) groups is 3. The van der Waals surface area contributed by atoms with Crippen LogP contribution in [0.15, 0.2) is 97.3 Å². The zero-order valence-electron chi connectivity index (χ0n) is 31.5. The maximum Gasteiger partial charge on any atom is 0.254 e. The predicted molar refractivity (Wildman–Crippen MR) is 213 cm³/mol. The minimum Gasteiger partial charge on any atom is -0.493 e. The van der Waals surface area contributed by atoms with E-state index in [4.69, 9.17) is 21.1 Å². The molecular formula is C44H48ClN5O5. The lowest BCUT2D eigenvalue weighted by molar-refractivity contribution is -0.138. The number of carbonyl (C=O) groups excluding carboxylic acids is 3. The molecule has 2 N–H and O–H groups in total. The average molecular weight is 762 g/mol. The van der Waals surface area contributed by atoms with Gasteiger partial charge >= 0.3 is 0 Å². The number of hydrogen-bond acceptors (Lipinski definition) is 6. The number of hydrogen-bond donors (Lipinski definition) is 2. The molecule has 4 atom stereocenters. The standard InChI is InChI=1S/C44H48ClN5O5/c1-28(2)55-40-18-15-30(20-41(40)54-3)44(53)50-25-32-24-49(42(51)21-31-23-47-39-22-33(45)16-17-34(31)39)27-36(35(32)26-50)43(52)48-38(37-13-7-8-19-46-37)14-9-12-29-10-5-4-6-11-29/h4-8,10-11,13,15-20,22-23,28,32,35-36,38,47H,9,12,14,21,24-27H2,1-3H3,(H,48,52). The molecule has 11 heteroatoms. The second-order valence-electron chi connectivity index (χ2n) is 14.9. The summed E-state index contributed by atoms with van der Waals surface area (Å²) in [5, 5.41) is 4.91. The lowest BCUT2D eigenvalue weighted by atomic mass is 9.79. The Balaban J connectivity index is 1.13. The Kier molecular flexibility index (Phi) is 11.7. The third kappa shape index (κ3) is 8.81. The van der Waals surface area contributed by atoms with E-state index in [0.717, 1.165) is 35.0 Å². The van der Waals surface area contributed by atoms with E-state index in [2.05, 4.69) is 27.4 Å². The second kappa shape index (κ2) is 17.0. The molecule has 0 radical (unpaired) electrons. The number of fused-ring (bicyclic) bond motifs is 2. The number of nitrogens with one attached hydrogen (secondary N) is 2. The fourth-order valence-corrected chi connectivity index (χ4v) is 8.32. The van der Waals surface area contributed by atoms with Crippen molar-refractivity contribution in [1.29, 1.82) is 0 Å². The fraction of sp³-hybridized carbons (Fsp3) is 0.364. The monoisotopic (exact) mass is 761 g/mol. The van der Waals surface area contributed by atoms with Gasteiger partial charge in [-0.3, -0.25) is 19.4 Å². The topological polar surface area (TPSA) is 117 Å². The van der Waals surface area contributed by atoms with Crippen LogP contribution < -0.4 is 14.8 Å². The largest absolute Gasteiger partial charge is 0.493 e. The number of ether oxygens (including phenoxy) is 2. The number of aromatic amines is 1. The van der Waals surface area contributed by atoms with Gasteiger partial charge in [-0.2, -0.15) is 0 Å². The van der Waals surface area contributed by atoms with Crippen LogP contribution >= 0.6 is 11.6 Å². The summed E-state index contributed by atoms with van der Waals surface area (Å²) in [4.78, 5) is 54.3. The normalized spacial score (nSPS) is 18.6. The van der Waals surface area contributed by atoms with Crippen molar-refractivity contribution in [2.45, 2.75) is 51.7 Å². The fourth-order valence-electron chi connectivity index (χ4n) is 8.15. The lowest BCUT2D eigenvalue weighted by Crippen LogP contribution is -2.53. The Labute approximate surface area is 327 Å². The van der Waals surface area contributed by atoms with Crippen LogP contribution in [0.2, 0.25) is 5.02 Å². The highest BCUT2D eigenvalue weighted by atomic mass is 35.5. The number of likely N-dealkylation sites (tertiary alicyclic amines) is 2. The molecule has 5 aromatic rings. The molecule has 4 heterocycles. The number of piperidine rings is 1. The van der Waals surface area contributed by atoms with Crippen LogP contribution in [0.25, 0.3) is 10.9 Å². The first kappa shape index (κ1) is 37.9. The van der Waals surface area contributed by atoms with Gasteiger partial charge in [-0.05, 0) is 98.5 Å². The van der Waals surface area contributed by atoms with Crippen LogP contribution in [0.1, 0.15) is 59.9 Å². The molecule has 4 unspecified atom stereocenters. The molecule has 2 aliphatic rings. The molecule has 0 saturated carbocycles. The lowest BCUT2D eigenvalue weighted by Gasteiger charge is -2.40. The number of methoxy groups -OCH3 is 1. The predicted octanol–water partition coefficient (Wildman–Crippen LogP) is 7.28. The molecule has 2 aromatic heterocycles. The quantitative estimate of drug-likeness (QED) is 0.130. The first-order valence-corrected chi connectivity index (χ1v) is 19.5. The Morgan fingerprint density at radius 2 is 1.73 bits per heavy atom. The van der Waals surface area contributed by atoms with Crippen LogP contribution in [0, 0.1) is 17.8 Å². The minimum absolute atomic E-state index is 0.0542. The van der Waals surface area contributed by atoms with E-state index in [-0.39, 0.29) is 54.7 Å². The number of halogens is 1. The van der Waals surface area contributed by atoms with Crippen molar-refractivity contribution in [2.75, 3.05) is 33.3 Å². The summed E-state index contributed by atoms with van der Waals surface area (Å²) in [6.45, 7) is 5.42. The average Bonchev–Trinajstić information content (AvgIpc) is 3.81. The van der Waals surface area contributed by atoms with E-state index >= 15 is 0 Å². The van der Waals surface area contributed by atoms with Crippen molar-refractivity contribution >= 4 is 40.2 Å². The van der Waals surface area contributed by atoms with Crippen molar-refractivity contribution in [3.63, 3.8) is 0 Å². The number of amides is 3. The molecule has 7 rings (SSSR count). The molecule has 0 bridgehead atoms. The van der Waals surface area contributed by atoms with Crippen LogP contribution in [0.5, 0.6) is 11.5 Å². The SMILES string of the molecule is COc1cc(C(=O)N2CC3CN(C(=O)Cc4c[nH]c5cc(Cl)ccc45)CC(C(=O)NC(CCCc4ccccc4)c4ccccn4)C3C2)ccc1OC(C)C. The zero-order valence-corrected chi connectivity index (χ0v) is 32.3. The third-order valence-electron chi connectivity index (χ3n) is 10.9. The van der Waals surface area contributed by atoms with Crippen LogP contribution in [-0.2, 0) is 22.4 Å². The summed E-state index contributed by atoms with van der Waals surface area (Å²) in [6.07, 6.45) is 6.16. The summed E-state index contributed by atoms with van der Waals surface area (Å²) in [5.74, 6) is -0.0396. The van der Waals surface area contributed by atoms with Gasteiger partial charge in [-0.1, -0.05) is 54.1 Å². The summed E-state index contributed by atoms with van der Waals surface area (Å²) in [7, 11) is 1.56. The number of pyridine rings is 1. The van der Waals surface area contributed by atoms with Gasteiger partial charge in [0.1, 0.15) is 0 Å². The van der Waals surface area contributed by atoms with Gasteiger partial charge in [0.15, 0.2) is 11.5 Å². The Morgan fingerprint density at radius 3 is 2.49 bits per heavy atom. The molecule has 2 aliphatic heterocycles. The molecule has 0 aliphatic carbocycles. The van der Waals surface area contributed by atoms with E-state index in [0.29, 0.717) is 48.1 Å². The number of aromatic nitrogens is 2. The van der Waals surface area contributed by atoms with Gasteiger partial charge in [-0.25, -0.2) is 0 Å². The van der Waals surface area contributed by atoms with Gasteiger partial charge in [0.25, 0.3) is 5.91 Å². The van der Waals surface area contributed by atoms with Crippen molar-refractivity contribution in [1.82, 2.24) is 25.1 Å². The number of nitrogens with zero attached hydrogens (tertiary/aromatic N) is 3. The molecule has 0 spiro atoms. The van der Waals surface area contributed by atoms with Gasteiger partial charge in [-0.15, -0.1) is 0 Å². The molecule has 286 valence electrons. The number of aryl methyl sites for hydroxylation is 1. The van der Waals surface area contributed by atoms with Crippen LogP contribution in [0.4, 0.5) is 0 Å². The molecule has 3 amide bonds. The van der Waals surface area contributed by atoms with E-state index < -0.39 is 5.92 Å². The summed E-state index contributed by atoms with van der Waals surface area (Å²) >= 11 is 6.22. The maximum absolute atomic E-state index is 14.6. The molecule has 10 nitrogen and oxygen atoms in total. The summed E-state index contributed by atoms with van der Waals surface area (Å²) in [5.41, 5.74) is 4.26. The van der Waals surface area contributed by atoms with Gasteiger partial charge in [0.05, 0.1) is 37.3 Å². The van der Waals surface area contributed by atoms with Crippen molar-refractivity contribution in [2.24, 2.45) is 17.8 Å². The maximum atomic E-state index is 14.6. The Morgan fingerprint density at radius 1 is 0.927 bits per heavy atom. The highest BCUT2D eigenvalue weighted by molar-refractivity contribution is 6.31. The first-order chi connectivity index (χ1) is 26.7. The molecule has 2 saturated heterocycles. The molecule has 3 aromatic carbocycles. The number of rotatable bonds is 13. The smallest absolute Gasteiger partial charge is 0.254 e. The van der Waals surface area contributed by atoms with E-state index in [1.807, 2.05) is 84.4 Å². The minimum atomic E-state index is -0.529. The van der Waals surface area contributed by atoms with E-state index in [1.165, 1.54) is 5.56 Å². The second-order valence-corrected chi connectivity index (χ2v) is 15.4. The Bertz CT molecular complexity index is 2120. The summed E-state index contributed by atoms with van der Waals surface area (Å²) < 4.78 is 11.5. The Hall–Kier alpha value is -5.35. The van der Waals surface area contributed by atoms with E-state index in [9.17, 15) is 14.4 Å². The van der Waals surface area contributed by atoms with Crippen LogP contribution in [0.3, 0.4) is 0 Å². The highest BCUT2D eigenvalue weighted by Gasteiger charge is 2.48. The molecular weight excluding hydrogens is 714 g/mol. The highest BCUT2D eigenvalue weighted by Crippen LogP contribution is 2.38. The first-order valence-electron chi connectivity index (χ1n) is 19.1. The molecule has 2 fully saturated rings. The third-order valence-corrected chi connectivity index (χ3v) is 11.1. The van der Waals surface area contributed by atoms with Gasteiger partial charge in [0.2, 0.25) is 11.8 Å². The number of H-pyrrole nitrogens is 1. The van der Waals surface area contributed by atoms with Gasteiger partial charge in [0, 0.05) is 60.1 Å². The van der Waals surface area contributed by atoms with Crippen LogP contribution in [-0.4, -0.2) is 76.9 Å². The number of benzene rings is 3. The van der Waals surface area contributed by atoms with Crippen molar-refractivity contribution in [3.05, 3.63) is 125 Å². The van der Waals surface area contributed by atoms with E-state index in [1.54, 1.807) is 31.5 Å².